The van der Waals surface area contributed by atoms with Crippen LogP contribution in [0, 0.1) is 13.8 Å². The van der Waals surface area contributed by atoms with Gasteiger partial charge in [-0.25, -0.2) is 4.98 Å². The summed E-state index contributed by atoms with van der Waals surface area (Å²) in [5, 5.41) is 3.27. The van der Waals surface area contributed by atoms with Crippen molar-refractivity contribution in [3.8, 4) is 5.88 Å². The van der Waals surface area contributed by atoms with Gasteiger partial charge in [0.1, 0.15) is 11.6 Å². The Bertz CT molecular complexity index is 326. The molecule has 4 heteroatoms. The number of hydrogen-bond donors (Lipinski definition) is 1. The SMILES string of the molecule is CCCNc1nc(C)nc(OCC)c1C. The number of nitrogens with zero attached hydrogens (tertiary/aromatic N) is 2. The van der Waals surface area contributed by atoms with E-state index in [-0.39, 0.29) is 0 Å². The minimum atomic E-state index is 0.629. The average molecular weight is 209 g/mol. The predicted octanol–water partition coefficient (Wildman–Crippen LogP) is 2.31. The third-order valence-electron chi connectivity index (χ3n) is 2.04. The number of hydrogen-bond acceptors (Lipinski definition) is 4. The van der Waals surface area contributed by atoms with Crippen LogP contribution in [0.2, 0.25) is 0 Å². The van der Waals surface area contributed by atoms with E-state index in [2.05, 4.69) is 22.2 Å². The Hall–Kier alpha value is -1.32. The molecule has 0 aromatic carbocycles. The van der Waals surface area contributed by atoms with Gasteiger partial charge in [-0.2, -0.15) is 4.98 Å². The molecule has 1 aromatic heterocycles. The lowest BCUT2D eigenvalue weighted by Gasteiger charge is -2.12. The molecule has 0 aliphatic rings. The summed E-state index contributed by atoms with van der Waals surface area (Å²) in [4.78, 5) is 8.61. The van der Waals surface area contributed by atoms with Gasteiger partial charge in [0.25, 0.3) is 0 Å². The molecule has 0 fully saturated rings. The molecule has 0 aliphatic heterocycles. The predicted molar refractivity (Wildman–Crippen MR) is 61.5 cm³/mol. The van der Waals surface area contributed by atoms with Gasteiger partial charge in [0.05, 0.1) is 12.2 Å². The van der Waals surface area contributed by atoms with Gasteiger partial charge in [-0.15, -0.1) is 0 Å². The van der Waals surface area contributed by atoms with Gasteiger partial charge in [-0.1, -0.05) is 6.92 Å². The van der Waals surface area contributed by atoms with Crippen molar-refractivity contribution in [2.24, 2.45) is 0 Å². The number of rotatable bonds is 5. The first-order valence-corrected chi connectivity index (χ1v) is 5.40. The molecule has 0 radical (unpaired) electrons. The zero-order chi connectivity index (χ0) is 11.3. The van der Waals surface area contributed by atoms with Crippen LogP contribution >= 0.6 is 0 Å². The molecule has 0 atom stereocenters. The van der Waals surface area contributed by atoms with Gasteiger partial charge in [-0.3, -0.25) is 0 Å². The topological polar surface area (TPSA) is 47.0 Å². The summed E-state index contributed by atoms with van der Waals surface area (Å²) in [5.41, 5.74) is 0.982. The second-order valence-corrected chi connectivity index (χ2v) is 3.41. The zero-order valence-corrected chi connectivity index (χ0v) is 9.92. The Morgan fingerprint density at radius 3 is 2.53 bits per heavy atom. The van der Waals surface area contributed by atoms with Gasteiger partial charge < -0.3 is 10.1 Å². The fourth-order valence-corrected chi connectivity index (χ4v) is 1.30. The molecule has 0 saturated carbocycles. The summed E-state index contributed by atoms with van der Waals surface area (Å²) in [6, 6.07) is 0. The van der Waals surface area contributed by atoms with Gasteiger partial charge >= 0.3 is 0 Å². The van der Waals surface area contributed by atoms with E-state index in [9.17, 15) is 0 Å². The third kappa shape index (κ3) is 3.08. The number of ether oxygens (including phenoxy) is 1. The van der Waals surface area contributed by atoms with Crippen molar-refractivity contribution in [3.05, 3.63) is 11.4 Å². The number of anilines is 1. The normalized spacial score (nSPS) is 10.1. The Morgan fingerprint density at radius 2 is 1.93 bits per heavy atom. The fourth-order valence-electron chi connectivity index (χ4n) is 1.30. The summed E-state index contributed by atoms with van der Waals surface area (Å²) in [6.45, 7) is 9.48. The Kier molecular flexibility index (Phi) is 4.34. The molecular formula is C11H19N3O. The molecule has 0 amide bonds. The molecule has 0 bridgehead atoms. The minimum Gasteiger partial charge on any atom is -0.478 e. The Balaban J connectivity index is 2.93. The van der Waals surface area contributed by atoms with Crippen LogP contribution in [0.15, 0.2) is 0 Å². The molecule has 0 aliphatic carbocycles. The average Bonchev–Trinajstić information content (AvgIpc) is 2.21. The van der Waals surface area contributed by atoms with Crippen molar-refractivity contribution < 1.29 is 4.74 Å². The third-order valence-corrected chi connectivity index (χ3v) is 2.04. The van der Waals surface area contributed by atoms with Crippen LogP contribution in [0.3, 0.4) is 0 Å². The second-order valence-electron chi connectivity index (χ2n) is 3.41. The maximum Gasteiger partial charge on any atom is 0.221 e. The highest BCUT2D eigenvalue weighted by Gasteiger charge is 2.08. The van der Waals surface area contributed by atoms with Crippen LogP contribution < -0.4 is 10.1 Å². The van der Waals surface area contributed by atoms with E-state index in [1.807, 2.05) is 20.8 Å². The van der Waals surface area contributed by atoms with Gasteiger partial charge in [0.2, 0.25) is 5.88 Å². The molecule has 0 spiro atoms. The largest absolute Gasteiger partial charge is 0.478 e. The molecule has 84 valence electrons. The Labute approximate surface area is 91.1 Å². The molecule has 15 heavy (non-hydrogen) atoms. The van der Waals surface area contributed by atoms with E-state index in [4.69, 9.17) is 4.74 Å². The first-order valence-electron chi connectivity index (χ1n) is 5.40. The second kappa shape index (κ2) is 5.53. The van der Waals surface area contributed by atoms with Crippen molar-refractivity contribution >= 4 is 5.82 Å². The van der Waals surface area contributed by atoms with Gasteiger partial charge in [-0.05, 0) is 27.2 Å². The van der Waals surface area contributed by atoms with Crippen molar-refractivity contribution in [2.75, 3.05) is 18.5 Å². The lowest BCUT2D eigenvalue weighted by Crippen LogP contribution is -2.08. The molecule has 1 rings (SSSR count). The molecule has 1 N–H and O–H groups in total. The van der Waals surface area contributed by atoms with Crippen LogP contribution in [-0.2, 0) is 0 Å². The van der Waals surface area contributed by atoms with Crippen molar-refractivity contribution in [2.45, 2.75) is 34.1 Å². The highest BCUT2D eigenvalue weighted by atomic mass is 16.5. The van der Waals surface area contributed by atoms with Crippen LogP contribution in [0.25, 0.3) is 0 Å². The van der Waals surface area contributed by atoms with E-state index >= 15 is 0 Å². The zero-order valence-electron chi connectivity index (χ0n) is 9.92. The fraction of sp³-hybridized carbons (Fsp3) is 0.636. The maximum absolute atomic E-state index is 5.45. The lowest BCUT2D eigenvalue weighted by molar-refractivity contribution is 0.323. The van der Waals surface area contributed by atoms with Crippen molar-refractivity contribution in [1.82, 2.24) is 9.97 Å². The molecule has 1 heterocycles. The summed E-state index contributed by atoms with van der Waals surface area (Å²) < 4.78 is 5.45. The molecular weight excluding hydrogens is 190 g/mol. The smallest absolute Gasteiger partial charge is 0.221 e. The van der Waals surface area contributed by atoms with Crippen molar-refractivity contribution in [3.63, 3.8) is 0 Å². The lowest BCUT2D eigenvalue weighted by atomic mass is 10.3. The van der Waals surface area contributed by atoms with E-state index in [0.717, 1.165) is 30.2 Å². The quantitative estimate of drug-likeness (QED) is 0.808. The van der Waals surface area contributed by atoms with E-state index < -0.39 is 0 Å². The summed E-state index contributed by atoms with van der Waals surface area (Å²) in [5.74, 6) is 2.30. The number of nitrogens with one attached hydrogen (secondary N) is 1. The number of aromatic nitrogens is 2. The maximum atomic E-state index is 5.45. The molecule has 0 unspecified atom stereocenters. The first-order chi connectivity index (χ1) is 7.19. The van der Waals surface area contributed by atoms with Crippen molar-refractivity contribution in [1.29, 1.82) is 0 Å². The van der Waals surface area contributed by atoms with Crippen LogP contribution in [0.4, 0.5) is 5.82 Å². The summed E-state index contributed by atoms with van der Waals surface area (Å²) in [7, 11) is 0. The van der Waals surface area contributed by atoms with E-state index in [1.54, 1.807) is 0 Å². The standard InChI is InChI=1S/C11H19N3O/c1-5-7-12-10-8(3)11(15-6-2)14-9(4)13-10/h5-7H2,1-4H3,(H,12,13,14). The molecule has 0 saturated heterocycles. The Morgan fingerprint density at radius 1 is 1.20 bits per heavy atom. The van der Waals surface area contributed by atoms with E-state index in [0.29, 0.717) is 12.5 Å². The molecule has 4 nitrogen and oxygen atoms in total. The summed E-state index contributed by atoms with van der Waals surface area (Å²) >= 11 is 0. The van der Waals surface area contributed by atoms with Gasteiger partial charge in [0, 0.05) is 6.54 Å². The van der Waals surface area contributed by atoms with Crippen LogP contribution in [0.5, 0.6) is 5.88 Å². The van der Waals surface area contributed by atoms with Gasteiger partial charge in [0.15, 0.2) is 0 Å². The van der Waals surface area contributed by atoms with E-state index in [1.165, 1.54) is 0 Å². The summed E-state index contributed by atoms with van der Waals surface area (Å²) in [6.07, 6.45) is 1.08. The first kappa shape index (κ1) is 11.8. The monoisotopic (exact) mass is 209 g/mol. The molecule has 1 aromatic rings. The minimum absolute atomic E-state index is 0.629. The number of aryl methyl sites for hydroxylation is 1. The highest BCUT2D eigenvalue weighted by Crippen LogP contribution is 2.21. The van der Waals surface area contributed by atoms with Crippen LogP contribution in [-0.4, -0.2) is 23.1 Å². The highest BCUT2D eigenvalue weighted by molar-refractivity contribution is 5.48. The van der Waals surface area contributed by atoms with Crippen LogP contribution in [0.1, 0.15) is 31.7 Å².